The van der Waals surface area contributed by atoms with E-state index in [0.717, 1.165) is 25.7 Å². The van der Waals surface area contributed by atoms with Crippen molar-refractivity contribution < 1.29 is 14.3 Å². The Bertz CT molecular complexity index is 187. The highest BCUT2D eigenvalue weighted by atomic mass is 16.5. The number of Topliss-reactive ketones (excluding diaryl/α,β-unsaturated/α-hetero) is 1. The highest BCUT2D eigenvalue weighted by Gasteiger charge is 2.13. The number of rotatable bonds is 9. The van der Waals surface area contributed by atoms with E-state index < -0.39 is 5.97 Å². The van der Waals surface area contributed by atoms with Crippen LogP contribution in [0.25, 0.3) is 0 Å². The molecule has 0 saturated heterocycles. The molecule has 15 heavy (non-hydrogen) atoms. The van der Waals surface area contributed by atoms with Crippen molar-refractivity contribution >= 4 is 11.8 Å². The van der Waals surface area contributed by atoms with Crippen molar-refractivity contribution in [1.82, 2.24) is 0 Å². The van der Waals surface area contributed by atoms with Crippen LogP contribution in [-0.2, 0) is 14.3 Å². The lowest BCUT2D eigenvalue weighted by Gasteiger charge is -2.02. The monoisotopic (exact) mass is 214 g/mol. The Hall–Kier alpha value is -0.860. The van der Waals surface area contributed by atoms with Crippen LogP contribution in [0.3, 0.4) is 0 Å². The van der Waals surface area contributed by atoms with Crippen molar-refractivity contribution in [3.05, 3.63) is 0 Å². The molecule has 0 aromatic rings. The standard InChI is InChI=1S/C12H22O3/c1-3-5-6-7-8-9-11(13)12(14)15-10-4-2/h3-10H2,1-2H3. The molecule has 0 fully saturated rings. The summed E-state index contributed by atoms with van der Waals surface area (Å²) < 4.78 is 4.74. The SMILES string of the molecule is CCCCCCCC(=O)C(=O)OCCC. The van der Waals surface area contributed by atoms with Gasteiger partial charge in [0, 0.05) is 6.42 Å². The van der Waals surface area contributed by atoms with Crippen molar-refractivity contribution in [3.8, 4) is 0 Å². The molecule has 0 aliphatic carbocycles. The summed E-state index contributed by atoms with van der Waals surface area (Å²) in [5.74, 6) is -1.03. The summed E-state index contributed by atoms with van der Waals surface area (Å²) in [7, 11) is 0. The Morgan fingerprint density at radius 3 is 2.20 bits per heavy atom. The molecule has 0 saturated carbocycles. The highest BCUT2D eigenvalue weighted by molar-refractivity contribution is 6.33. The van der Waals surface area contributed by atoms with Crippen LogP contribution in [0.5, 0.6) is 0 Å². The number of ketones is 1. The molecule has 3 heteroatoms. The largest absolute Gasteiger partial charge is 0.460 e. The molecular formula is C12H22O3. The predicted octanol–water partition coefficient (Wildman–Crippen LogP) is 2.87. The van der Waals surface area contributed by atoms with Gasteiger partial charge in [-0.3, -0.25) is 4.79 Å². The van der Waals surface area contributed by atoms with Gasteiger partial charge in [-0.15, -0.1) is 0 Å². The number of carbonyl (C=O) groups excluding carboxylic acids is 2. The van der Waals surface area contributed by atoms with E-state index in [1.807, 2.05) is 6.92 Å². The Morgan fingerprint density at radius 1 is 0.933 bits per heavy atom. The molecule has 0 aliphatic rings. The number of carbonyl (C=O) groups is 2. The van der Waals surface area contributed by atoms with Crippen molar-refractivity contribution in [1.29, 1.82) is 0 Å². The van der Waals surface area contributed by atoms with Gasteiger partial charge in [-0.05, 0) is 12.8 Å². The number of hydrogen-bond donors (Lipinski definition) is 0. The van der Waals surface area contributed by atoms with Crippen LogP contribution < -0.4 is 0 Å². The first-order chi connectivity index (χ1) is 7.22. The molecule has 0 N–H and O–H groups in total. The zero-order valence-corrected chi connectivity index (χ0v) is 9.88. The molecule has 0 amide bonds. The molecule has 0 aromatic heterocycles. The van der Waals surface area contributed by atoms with E-state index in [1.165, 1.54) is 12.8 Å². The maximum absolute atomic E-state index is 11.2. The minimum absolute atomic E-state index is 0.340. The predicted molar refractivity (Wildman–Crippen MR) is 59.6 cm³/mol. The van der Waals surface area contributed by atoms with Gasteiger partial charge in [-0.25, -0.2) is 4.79 Å². The van der Waals surface area contributed by atoms with E-state index in [-0.39, 0.29) is 5.78 Å². The lowest BCUT2D eigenvalue weighted by atomic mass is 10.1. The third kappa shape index (κ3) is 8.16. The molecule has 0 unspecified atom stereocenters. The number of ether oxygens (including phenoxy) is 1. The number of unbranched alkanes of at least 4 members (excludes halogenated alkanes) is 4. The number of esters is 1. The first kappa shape index (κ1) is 14.1. The van der Waals surface area contributed by atoms with E-state index in [1.54, 1.807) is 0 Å². The summed E-state index contributed by atoms with van der Waals surface area (Å²) >= 11 is 0. The van der Waals surface area contributed by atoms with Crippen LogP contribution in [0.4, 0.5) is 0 Å². The van der Waals surface area contributed by atoms with Crippen LogP contribution in [0.1, 0.15) is 58.8 Å². The van der Waals surface area contributed by atoms with Crippen LogP contribution in [0.2, 0.25) is 0 Å². The molecule has 0 rings (SSSR count). The van der Waals surface area contributed by atoms with Crippen LogP contribution in [0.15, 0.2) is 0 Å². The van der Waals surface area contributed by atoms with Gasteiger partial charge in [0.2, 0.25) is 5.78 Å². The minimum Gasteiger partial charge on any atom is -0.460 e. The molecule has 0 spiro atoms. The molecule has 3 nitrogen and oxygen atoms in total. The molecular weight excluding hydrogens is 192 g/mol. The average Bonchev–Trinajstić information content (AvgIpc) is 2.25. The van der Waals surface area contributed by atoms with Crippen LogP contribution in [-0.4, -0.2) is 18.4 Å². The van der Waals surface area contributed by atoms with Gasteiger partial charge >= 0.3 is 5.97 Å². The minimum atomic E-state index is -0.660. The summed E-state index contributed by atoms with van der Waals surface area (Å²) in [6.07, 6.45) is 6.47. The second-order valence-corrected chi connectivity index (χ2v) is 3.72. The molecule has 0 atom stereocenters. The van der Waals surface area contributed by atoms with Crippen molar-refractivity contribution in [2.45, 2.75) is 58.8 Å². The average molecular weight is 214 g/mol. The fourth-order valence-corrected chi connectivity index (χ4v) is 1.27. The van der Waals surface area contributed by atoms with Crippen LogP contribution in [0, 0.1) is 0 Å². The molecule has 0 aromatic carbocycles. The number of hydrogen-bond acceptors (Lipinski definition) is 3. The fourth-order valence-electron chi connectivity index (χ4n) is 1.27. The van der Waals surface area contributed by atoms with Gasteiger partial charge in [-0.1, -0.05) is 39.5 Å². The first-order valence-electron chi connectivity index (χ1n) is 5.92. The summed E-state index contributed by atoms with van der Waals surface area (Å²) in [6.45, 7) is 4.40. The Labute approximate surface area is 92.2 Å². The second kappa shape index (κ2) is 9.69. The summed E-state index contributed by atoms with van der Waals surface area (Å²) in [6, 6.07) is 0. The summed E-state index contributed by atoms with van der Waals surface area (Å²) in [5.41, 5.74) is 0. The van der Waals surface area contributed by atoms with Crippen molar-refractivity contribution in [2.24, 2.45) is 0 Å². The third-order valence-corrected chi connectivity index (χ3v) is 2.17. The molecule has 0 aliphatic heterocycles. The van der Waals surface area contributed by atoms with E-state index in [9.17, 15) is 9.59 Å². The lowest BCUT2D eigenvalue weighted by Crippen LogP contribution is -2.17. The fraction of sp³-hybridized carbons (Fsp3) is 0.833. The van der Waals surface area contributed by atoms with E-state index in [0.29, 0.717) is 13.0 Å². The maximum Gasteiger partial charge on any atom is 0.374 e. The summed E-state index contributed by atoms with van der Waals surface area (Å²) in [5, 5.41) is 0. The third-order valence-electron chi connectivity index (χ3n) is 2.17. The van der Waals surface area contributed by atoms with Gasteiger partial charge in [-0.2, -0.15) is 0 Å². The lowest BCUT2D eigenvalue weighted by molar-refractivity contribution is -0.153. The molecule has 88 valence electrons. The smallest absolute Gasteiger partial charge is 0.374 e. The Balaban J connectivity index is 3.43. The van der Waals surface area contributed by atoms with E-state index in [4.69, 9.17) is 4.74 Å². The highest BCUT2D eigenvalue weighted by Crippen LogP contribution is 2.05. The van der Waals surface area contributed by atoms with E-state index >= 15 is 0 Å². The molecule has 0 bridgehead atoms. The first-order valence-corrected chi connectivity index (χ1v) is 5.92. The van der Waals surface area contributed by atoms with Crippen molar-refractivity contribution in [2.75, 3.05) is 6.61 Å². The van der Waals surface area contributed by atoms with Gasteiger partial charge < -0.3 is 4.74 Å². The quantitative estimate of drug-likeness (QED) is 0.337. The van der Waals surface area contributed by atoms with Crippen LogP contribution >= 0.6 is 0 Å². The molecule has 0 radical (unpaired) electrons. The second-order valence-electron chi connectivity index (χ2n) is 3.72. The van der Waals surface area contributed by atoms with Gasteiger partial charge in [0.1, 0.15) is 0 Å². The Kier molecular flexibility index (Phi) is 9.13. The zero-order valence-electron chi connectivity index (χ0n) is 9.88. The molecule has 0 heterocycles. The maximum atomic E-state index is 11.2. The Morgan fingerprint density at radius 2 is 1.60 bits per heavy atom. The van der Waals surface area contributed by atoms with Crippen molar-refractivity contribution in [3.63, 3.8) is 0 Å². The topological polar surface area (TPSA) is 43.4 Å². The van der Waals surface area contributed by atoms with E-state index in [2.05, 4.69) is 6.92 Å². The summed E-state index contributed by atoms with van der Waals surface area (Å²) in [4.78, 5) is 22.3. The zero-order chi connectivity index (χ0) is 11.5. The van der Waals surface area contributed by atoms with Gasteiger partial charge in [0.15, 0.2) is 0 Å². The van der Waals surface area contributed by atoms with Gasteiger partial charge in [0.25, 0.3) is 0 Å². The normalized spacial score (nSPS) is 10.0. The van der Waals surface area contributed by atoms with Gasteiger partial charge in [0.05, 0.1) is 6.61 Å².